The number of aromatic nitrogens is 1. The number of hydrogen-bond donors (Lipinski definition) is 3. The summed E-state index contributed by atoms with van der Waals surface area (Å²) >= 11 is 0. The van der Waals surface area contributed by atoms with Gasteiger partial charge in [-0.3, -0.25) is 20.4 Å². The summed E-state index contributed by atoms with van der Waals surface area (Å²) in [5.74, 6) is -0.0574. The van der Waals surface area contributed by atoms with Crippen molar-refractivity contribution in [2.75, 3.05) is 0 Å². The van der Waals surface area contributed by atoms with Crippen LogP contribution >= 0.6 is 0 Å². The molecule has 0 saturated heterocycles. The van der Waals surface area contributed by atoms with E-state index >= 15 is 0 Å². The van der Waals surface area contributed by atoms with Gasteiger partial charge in [0, 0.05) is 17.1 Å². The predicted molar refractivity (Wildman–Crippen MR) is 104 cm³/mol. The number of hydrazine groups is 1. The minimum atomic E-state index is -0.737. The molecule has 3 N–H and O–H groups in total. The SMILES string of the molecule is Cc1cccc(O[C@@H](C)C(=O)NNC(=O)Cc2c[nH]c3ccccc23)c1C. The van der Waals surface area contributed by atoms with Gasteiger partial charge in [-0.1, -0.05) is 30.3 Å². The van der Waals surface area contributed by atoms with Gasteiger partial charge in [0.15, 0.2) is 6.10 Å². The fourth-order valence-corrected chi connectivity index (χ4v) is 2.82. The lowest BCUT2D eigenvalue weighted by Crippen LogP contribution is -2.47. The summed E-state index contributed by atoms with van der Waals surface area (Å²) in [7, 11) is 0. The van der Waals surface area contributed by atoms with Crippen molar-refractivity contribution in [3.8, 4) is 5.75 Å². The molecular formula is C21H23N3O3. The third-order valence-corrected chi connectivity index (χ3v) is 4.58. The number of amides is 2. The van der Waals surface area contributed by atoms with Gasteiger partial charge < -0.3 is 9.72 Å². The van der Waals surface area contributed by atoms with Crippen molar-refractivity contribution >= 4 is 22.7 Å². The van der Waals surface area contributed by atoms with Crippen molar-refractivity contribution in [2.24, 2.45) is 0 Å². The van der Waals surface area contributed by atoms with E-state index in [2.05, 4.69) is 15.8 Å². The molecule has 6 nitrogen and oxygen atoms in total. The van der Waals surface area contributed by atoms with E-state index in [0.29, 0.717) is 5.75 Å². The molecule has 3 aromatic rings. The summed E-state index contributed by atoms with van der Waals surface area (Å²) in [4.78, 5) is 27.5. The Morgan fingerprint density at radius 1 is 1.07 bits per heavy atom. The summed E-state index contributed by atoms with van der Waals surface area (Å²) in [6.45, 7) is 5.57. The van der Waals surface area contributed by atoms with E-state index in [0.717, 1.165) is 27.6 Å². The monoisotopic (exact) mass is 365 g/mol. The highest BCUT2D eigenvalue weighted by atomic mass is 16.5. The van der Waals surface area contributed by atoms with Gasteiger partial charge in [-0.25, -0.2) is 0 Å². The van der Waals surface area contributed by atoms with Crippen LogP contribution in [0.1, 0.15) is 23.6 Å². The van der Waals surface area contributed by atoms with Crippen molar-refractivity contribution in [2.45, 2.75) is 33.3 Å². The van der Waals surface area contributed by atoms with E-state index in [9.17, 15) is 9.59 Å². The smallest absolute Gasteiger partial charge is 0.279 e. The van der Waals surface area contributed by atoms with Crippen LogP contribution in [0.15, 0.2) is 48.7 Å². The topological polar surface area (TPSA) is 83.2 Å². The number of para-hydroxylation sites is 1. The molecule has 0 bridgehead atoms. The van der Waals surface area contributed by atoms with Crippen LogP contribution in [0.25, 0.3) is 10.9 Å². The van der Waals surface area contributed by atoms with Gasteiger partial charge >= 0.3 is 0 Å². The Labute approximate surface area is 157 Å². The lowest BCUT2D eigenvalue weighted by atomic mass is 10.1. The summed E-state index contributed by atoms with van der Waals surface area (Å²) in [6.07, 6.45) is 1.23. The first-order valence-electron chi connectivity index (χ1n) is 8.82. The van der Waals surface area contributed by atoms with Crippen molar-refractivity contribution in [3.05, 3.63) is 65.4 Å². The number of aromatic amines is 1. The first kappa shape index (κ1) is 18.5. The van der Waals surface area contributed by atoms with Gasteiger partial charge in [-0.2, -0.15) is 0 Å². The van der Waals surface area contributed by atoms with E-state index in [-0.39, 0.29) is 12.3 Å². The lowest BCUT2D eigenvalue weighted by molar-refractivity contribution is -0.132. The molecule has 2 amide bonds. The number of aryl methyl sites for hydroxylation is 1. The largest absolute Gasteiger partial charge is 0.481 e. The third kappa shape index (κ3) is 4.28. The van der Waals surface area contributed by atoms with E-state index in [4.69, 9.17) is 4.74 Å². The maximum atomic E-state index is 12.2. The van der Waals surface area contributed by atoms with Crippen LogP contribution in [0.3, 0.4) is 0 Å². The second-order valence-electron chi connectivity index (χ2n) is 6.53. The standard InChI is InChI=1S/C21H23N3O3/c1-13-7-6-10-19(14(13)2)27-15(3)21(26)24-23-20(25)11-16-12-22-18-9-5-4-8-17(16)18/h4-10,12,15,22H,11H2,1-3H3,(H,23,25)(H,24,26)/t15-/m0/s1. The van der Waals surface area contributed by atoms with Crippen molar-refractivity contribution in [1.29, 1.82) is 0 Å². The minimum Gasteiger partial charge on any atom is -0.481 e. The van der Waals surface area contributed by atoms with Crippen molar-refractivity contribution in [3.63, 3.8) is 0 Å². The Kier molecular flexibility index (Phi) is 5.45. The highest BCUT2D eigenvalue weighted by Gasteiger charge is 2.17. The molecule has 1 atom stereocenters. The fraction of sp³-hybridized carbons (Fsp3) is 0.238. The van der Waals surface area contributed by atoms with Gasteiger partial charge in [0.05, 0.1) is 6.42 Å². The molecule has 0 aliphatic rings. The summed E-state index contributed by atoms with van der Waals surface area (Å²) in [6, 6.07) is 13.4. The molecule has 6 heteroatoms. The van der Waals surface area contributed by atoms with Gasteiger partial charge in [0.25, 0.3) is 5.91 Å². The lowest BCUT2D eigenvalue weighted by Gasteiger charge is -2.17. The molecule has 3 rings (SSSR count). The van der Waals surface area contributed by atoms with Crippen molar-refractivity contribution in [1.82, 2.24) is 15.8 Å². The van der Waals surface area contributed by atoms with E-state index in [1.54, 1.807) is 13.1 Å². The molecule has 0 spiro atoms. The summed E-state index contributed by atoms with van der Waals surface area (Å²) in [5.41, 5.74) is 8.79. The number of rotatable bonds is 5. The van der Waals surface area contributed by atoms with E-state index in [1.165, 1.54) is 0 Å². The molecule has 140 valence electrons. The zero-order valence-corrected chi connectivity index (χ0v) is 15.6. The van der Waals surface area contributed by atoms with Crippen LogP contribution in [0.2, 0.25) is 0 Å². The molecule has 0 saturated carbocycles. The maximum Gasteiger partial charge on any atom is 0.279 e. The zero-order valence-electron chi connectivity index (χ0n) is 15.6. The highest BCUT2D eigenvalue weighted by Crippen LogP contribution is 2.21. The second-order valence-corrected chi connectivity index (χ2v) is 6.53. The Hall–Kier alpha value is -3.28. The molecule has 1 heterocycles. The van der Waals surface area contributed by atoms with Crippen LogP contribution in [0.4, 0.5) is 0 Å². The maximum absolute atomic E-state index is 12.2. The van der Waals surface area contributed by atoms with Crippen LogP contribution in [0.5, 0.6) is 5.75 Å². The molecule has 0 radical (unpaired) electrons. The highest BCUT2D eigenvalue weighted by molar-refractivity contribution is 5.90. The number of ether oxygens (including phenoxy) is 1. The zero-order chi connectivity index (χ0) is 19.4. The second kappa shape index (κ2) is 7.95. The predicted octanol–water partition coefficient (Wildman–Crippen LogP) is 2.94. The molecular weight excluding hydrogens is 342 g/mol. The minimum absolute atomic E-state index is 0.163. The molecule has 0 aliphatic heterocycles. The molecule has 0 unspecified atom stereocenters. The molecule has 1 aromatic heterocycles. The Morgan fingerprint density at radius 2 is 1.85 bits per heavy atom. The number of fused-ring (bicyclic) bond motifs is 1. The van der Waals surface area contributed by atoms with Crippen LogP contribution in [-0.2, 0) is 16.0 Å². The normalized spacial score (nSPS) is 11.8. The number of nitrogens with one attached hydrogen (secondary N) is 3. The number of carbonyl (C=O) groups is 2. The van der Waals surface area contributed by atoms with Gasteiger partial charge in [-0.15, -0.1) is 0 Å². The average molecular weight is 365 g/mol. The van der Waals surface area contributed by atoms with Gasteiger partial charge in [-0.05, 0) is 49.6 Å². The first-order valence-corrected chi connectivity index (χ1v) is 8.82. The third-order valence-electron chi connectivity index (χ3n) is 4.58. The van der Waals surface area contributed by atoms with Crippen molar-refractivity contribution < 1.29 is 14.3 Å². The Morgan fingerprint density at radius 3 is 2.67 bits per heavy atom. The number of carbonyl (C=O) groups excluding carboxylic acids is 2. The first-order chi connectivity index (χ1) is 13.0. The van der Waals surface area contributed by atoms with Gasteiger partial charge in [0.2, 0.25) is 5.91 Å². The summed E-state index contributed by atoms with van der Waals surface area (Å²) in [5, 5.41) is 0.991. The Bertz CT molecular complexity index is 978. The number of benzene rings is 2. The molecule has 2 aromatic carbocycles. The molecule has 0 fully saturated rings. The van der Waals surface area contributed by atoms with Crippen LogP contribution < -0.4 is 15.6 Å². The van der Waals surface area contributed by atoms with Crippen LogP contribution in [-0.4, -0.2) is 22.9 Å². The number of hydrogen-bond acceptors (Lipinski definition) is 3. The van der Waals surface area contributed by atoms with E-state index < -0.39 is 12.0 Å². The fourth-order valence-electron chi connectivity index (χ4n) is 2.82. The quantitative estimate of drug-likeness (QED) is 0.608. The molecule has 27 heavy (non-hydrogen) atoms. The average Bonchev–Trinajstić information content (AvgIpc) is 3.06. The van der Waals surface area contributed by atoms with Crippen LogP contribution in [0, 0.1) is 13.8 Å². The molecule has 0 aliphatic carbocycles. The number of H-pyrrole nitrogens is 1. The van der Waals surface area contributed by atoms with Gasteiger partial charge in [0.1, 0.15) is 5.75 Å². The van der Waals surface area contributed by atoms with E-state index in [1.807, 2.05) is 56.3 Å². The summed E-state index contributed by atoms with van der Waals surface area (Å²) < 4.78 is 5.72. The Balaban J connectivity index is 1.53.